The second-order valence-electron chi connectivity index (χ2n) is 7.08. The molecular weight excluding hydrogens is 302 g/mol. The van der Waals surface area contributed by atoms with E-state index in [9.17, 15) is 9.59 Å². The number of ether oxygens (including phenoxy) is 1. The van der Waals surface area contributed by atoms with Crippen molar-refractivity contribution < 1.29 is 14.3 Å². The van der Waals surface area contributed by atoms with Crippen LogP contribution in [0.15, 0.2) is 0 Å². The number of hydrogen-bond acceptors (Lipinski definition) is 5. The van der Waals surface area contributed by atoms with Crippen LogP contribution in [0.1, 0.15) is 61.9 Å². The minimum absolute atomic E-state index is 0.147. The Balaban J connectivity index is 2.66. The van der Waals surface area contributed by atoms with Crippen molar-refractivity contribution in [2.24, 2.45) is 0 Å². The van der Waals surface area contributed by atoms with Crippen LogP contribution in [0.3, 0.4) is 0 Å². The fraction of sp³-hybridized carbons (Fsp3) is 0.667. The van der Waals surface area contributed by atoms with Gasteiger partial charge < -0.3 is 15.4 Å². The number of carbonyl (C=O) groups excluding carboxylic acids is 2. The number of rotatable bonds is 3. The largest absolute Gasteiger partial charge is 0.444 e. The second-order valence-corrected chi connectivity index (χ2v) is 8.17. The minimum Gasteiger partial charge on any atom is -0.444 e. The Bertz CT molecular complexity index is 553. The summed E-state index contributed by atoms with van der Waals surface area (Å²) in [5.41, 5.74) is -0.184. The summed E-state index contributed by atoms with van der Waals surface area (Å²) in [6.07, 6.45) is -0.499. The Kier molecular flexibility index (Phi) is 5.56. The van der Waals surface area contributed by atoms with E-state index in [1.54, 1.807) is 27.7 Å². The monoisotopic (exact) mass is 327 g/mol. The van der Waals surface area contributed by atoms with Crippen molar-refractivity contribution in [1.82, 2.24) is 15.6 Å². The normalized spacial score (nSPS) is 12.0. The molecule has 0 aliphatic heterocycles. The predicted octanol–water partition coefficient (Wildman–Crippen LogP) is 3.00. The van der Waals surface area contributed by atoms with Gasteiger partial charge in [-0.25, -0.2) is 9.78 Å². The number of carbonyl (C=O) groups is 2. The van der Waals surface area contributed by atoms with Gasteiger partial charge in [0.1, 0.15) is 15.5 Å². The van der Waals surface area contributed by atoms with E-state index in [-0.39, 0.29) is 18.0 Å². The molecule has 0 unspecified atom stereocenters. The SMILES string of the molecule is Cc1nc(CNC(=O)OC(C)(C)C)sc1C(=O)NC(C)(C)C. The maximum absolute atomic E-state index is 12.2. The lowest BCUT2D eigenvalue weighted by Gasteiger charge is -2.19. The molecule has 0 fully saturated rings. The molecular formula is C15H25N3O3S. The van der Waals surface area contributed by atoms with Gasteiger partial charge in [-0.05, 0) is 48.5 Å². The molecule has 0 aliphatic rings. The van der Waals surface area contributed by atoms with Crippen LogP contribution in [0, 0.1) is 6.92 Å². The molecule has 2 N–H and O–H groups in total. The van der Waals surface area contributed by atoms with Crippen LogP contribution >= 0.6 is 11.3 Å². The highest BCUT2D eigenvalue weighted by molar-refractivity contribution is 7.13. The van der Waals surface area contributed by atoms with E-state index in [1.807, 2.05) is 20.8 Å². The van der Waals surface area contributed by atoms with Gasteiger partial charge >= 0.3 is 6.09 Å². The first kappa shape index (κ1) is 18.4. The van der Waals surface area contributed by atoms with Gasteiger partial charge in [0.15, 0.2) is 0 Å². The fourth-order valence-corrected chi connectivity index (χ4v) is 2.50. The van der Waals surface area contributed by atoms with Crippen LogP contribution in [0.5, 0.6) is 0 Å². The molecule has 0 aromatic carbocycles. The van der Waals surface area contributed by atoms with Gasteiger partial charge in [-0.2, -0.15) is 0 Å². The average molecular weight is 327 g/mol. The highest BCUT2D eigenvalue weighted by Crippen LogP contribution is 2.19. The van der Waals surface area contributed by atoms with Gasteiger partial charge in [0, 0.05) is 5.54 Å². The minimum atomic E-state index is -0.541. The lowest BCUT2D eigenvalue weighted by Crippen LogP contribution is -2.40. The van der Waals surface area contributed by atoms with Gasteiger partial charge in [0.2, 0.25) is 0 Å². The van der Waals surface area contributed by atoms with Crippen molar-refractivity contribution in [2.45, 2.75) is 66.2 Å². The van der Waals surface area contributed by atoms with Crippen LogP contribution in [0.2, 0.25) is 0 Å². The Hall–Kier alpha value is -1.63. The predicted molar refractivity (Wildman–Crippen MR) is 87.1 cm³/mol. The van der Waals surface area contributed by atoms with E-state index in [0.29, 0.717) is 15.6 Å². The van der Waals surface area contributed by atoms with E-state index in [4.69, 9.17) is 4.74 Å². The zero-order valence-electron chi connectivity index (χ0n) is 14.3. The molecule has 1 heterocycles. The maximum Gasteiger partial charge on any atom is 0.408 e. The molecule has 0 spiro atoms. The first-order valence-corrected chi connectivity index (χ1v) is 7.95. The first-order valence-electron chi connectivity index (χ1n) is 7.13. The molecule has 0 radical (unpaired) electrons. The third kappa shape index (κ3) is 6.43. The summed E-state index contributed by atoms with van der Waals surface area (Å²) < 4.78 is 5.16. The van der Waals surface area contributed by atoms with E-state index in [2.05, 4.69) is 15.6 Å². The van der Waals surface area contributed by atoms with Crippen molar-refractivity contribution in [3.05, 3.63) is 15.6 Å². The van der Waals surface area contributed by atoms with Crippen LogP contribution in [0.4, 0.5) is 4.79 Å². The highest BCUT2D eigenvalue weighted by atomic mass is 32.1. The average Bonchev–Trinajstić information content (AvgIpc) is 2.63. The molecule has 0 bridgehead atoms. The van der Waals surface area contributed by atoms with Crippen LogP contribution in [-0.2, 0) is 11.3 Å². The number of amides is 2. The lowest BCUT2D eigenvalue weighted by molar-refractivity contribution is 0.0523. The molecule has 22 heavy (non-hydrogen) atoms. The standard InChI is InChI=1S/C15H25N3O3S/c1-9-11(12(19)18-14(2,3)4)22-10(17-9)8-16-13(20)21-15(5,6)7/h8H2,1-7H3,(H,16,20)(H,18,19). The zero-order valence-corrected chi connectivity index (χ0v) is 15.1. The number of hydrogen-bond donors (Lipinski definition) is 2. The molecule has 0 atom stereocenters. The van der Waals surface area contributed by atoms with Crippen molar-refractivity contribution in [1.29, 1.82) is 0 Å². The number of aryl methyl sites for hydroxylation is 1. The third-order valence-corrected chi connectivity index (χ3v) is 3.47. The van der Waals surface area contributed by atoms with Gasteiger partial charge in [0.05, 0.1) is 12.2 Å². The number of nitrogens with one attached hydrogen (secondary N) is 2. The van der Waals surface area contributed by atoms with Crippen LogP contribution in [-0.4, -0.2) is 28.1 Å². The number of thiazole rings is 1. The van der Waals surface area contributed by atoms with E-state index >= 15 is 0 Å². The molecule has 7 heteroatoms. The maximum atomic E-state index is 12.2. The Morgan fingerprint density at radius 3 is 2.27 bits per heavy atom. The lowest BCUT2D eigenvalue weighted by atomic mass is 10.1. The molecule has 0 aliphatic carbocycles. The molecule has 124 valence electrons. The second kappa shape index (κ2) is 6.64. The summed E-state index contributed by atoms with van der Waals surface area (Å²) in [6.45, 7) is 13.2. The number of aromatic nitrogens is 1. The summed E-state index contributed by atoms with van der Waals surface area (Å²) in [5, 5.41) is 6.21. The summed E-state index contributed by atoms with van der Waals surface area (Å²) >= 11 is 1.27. The number of nitrogens with zero attached hydrogens (tertiary/aromatic N) is 1. The van der Waals surface area contributed by atoms with Crippen molar-refractivity contribution in [2.75, 3.05) is 0 Å². The molecule has 1 aromatic rings. The summed E-state index contributed by atoms with van der Waals surface area (Å²) in [7, 11) is 0. The zero-order chi connectivity index (χ0) is 17.1. The molecule has 6 nitrogen and oxygen atoms in total. The van der Waals surface area contributed by atoms with E-state index < -0.39 is 11.7 Å². The molecule has 0 saturated heterocycles. The van der Waals surface area contributed by atoms with Gasteiger partial charge in [0.25, 0.3) is 5.91 Å². The summed E-state index contributed by atoms with van der Waals surface area (Å²) in [4.78, 5) is 28.7. The van der Waals surface area contributed by atoms with E-state index in [0.717, 1.165) is 0 Å². The Labute approximate surface area is 135 Å². The fourth-order valence-electron chi connectivity index (χ4n) is 1.60. The molecule has 1 aromatic heterocycles. The van der Waals surface area contributed by atoms with Crippen molar-refractivity contribution in [3.63, 3.8) is 0 Å². The quantitative estimate of drug-likeness (QED) is 0.894. The summed E-state index contributed by atoms with van der Waals surface area (Å²) in [6, 6.07) is 0. The van der Waals surface area contributed by atoms with Gasteiger partial charge in [-0.15, -0.1) is 11.3 Å². The smallest absolute Gasteiger partial charge is 0.408 e. The molecule has 0 saturated carbocycles. The van der Waals surface area contributed by atoms with Crippen LogP contribution < -0.4 is 10.6 Å². The third-order valence-electron chi connectivity index (χ3n) is 2.32. The van der Waals surface area contributed by atoms with Crippen molar-refractivity contribution >= 4 is 23.3 Å². The van der Waals surface area contributed by atoms with Gasteiger partial charge in [-0.3, -0.25) is 4.79 Å². The Morgan fingerprint density at radius 2 is 1.77 bits per heavy atom. The topological polar surface area (TPSA) is 80.3 Å². The molecule has 2 amide bonds. The highest BCUT2D eigenvalue weighted by Gasteiger charge is 2.21. The summed E-state index contributed by atoms with van der Waals surface area (Å²) in [5.74, 6) is -0.147. The van der Waals surface area contributed by atoms with E-state index in [1.165, 1.54) is 11.3 Å². The van der Waals surface area contributed by atoms with Crippen molar-refractivity contribution in [3.8, 4) is 0 Å². The van der Waals surface area contributed by atoms with Gasteiger partial charge in [-0.1, -0.05) is 0 Å². The van der Waals surface area contributed by atoms with Crippen LogP contribution in [0.25, 0.3) is 0 Å². The Morgan fingerprint density at radius 1 is 1.18 bits per heavy atom. The molecule has 1 rings (SSSR count). The first-order chi connectivity index (χ1) is 9.87. The number of alkyl carbamates (subject to hydrolysis) is 1.